The summed E-state index contributed by atoms with van der Waals surface area (Å²) in [5.74, 6) is 0.609. The Hall–Kier alpha value is -3.10. The van der Waals surface area contributed by atoms with Crippen LogP contribution in [0.3, 0.4) is 0 Å². The number of aryl methyl sites for hydroxylation is 1. The Morgan fingerprint density at radius 1 is 1.04 bits per heavy atom. The van der Waals surface area contributed by atoms with Crippen LogP contribution in [0.4, 0.5) is 0 Å². The molecule has 5 N–H and O–H groups in total. The standard InChI is InChI=1S/C19H22N8/c1-2-9-27-25-19(24-26-27)13-5-3-12(4-6-13)17(20)18(21)14-7-8-15-16(10-14)23-11-22-15/h3-8,10-11,17-18H,2,9,20-21H2,1H3,(H,22,23). The zero-order valence-corrected chi connectivity index (χ0v) is 15.1. The predicted octanol–water partition coefficient (Wildman–Crippen LogP) is 2.33. The van der Waals surface area contributed by atoms with Crippen LogP contribution in [-0.2, 0) is 6.54 Å². The van der Waals surface area contributed by atoms with Gasteiger partial charge in [0.15, 0.2) is 0 Å². The highest BCUT2D eigenvalue weighted by molar-refractivity contribution is 5.75. The fraction of sp³-hybridized carbons (Fsp3) is 0.263. The number of nitrogens with one attached hydrogen (secondary N) is 1. The molecule has 0 bridgehead atoms. The highest BCUT2D eigenvalue weighted by Crippen LogP contribution is 2.27. The average molecular weight is 362 g/mol. The molecule has 0 radical (unpaired) electrons. The maximum absolute atomic E-state index is 6.42. The molecule has 0 aliphatic heterocycles. The van der Waals surface area contributed by atoms with Crippen LogP contribution < -0.4 is 11.5 Å². The zero-order chi connectivity index (χ0) is 18.8. The molecule has 0 aliphatic carbocycles. The van der Waals surface area contributed by atoms with Crippen molar-refractivity contribution in [3.63, 3.8) is 0 Å². The minimum atomic E-state index is -0.330. The van der Waals surface area contributed by atoms with Crippen molar-refractivity contribution in [3.05, 3.63) is 59.9 Å². The van der Waals surface area contributed by atoms with Crippen molar-refractivity contribution < 1.29 is 0 Å². The van der Waals surface area contributed by atoms with Crippen LogP contribution >= 0.6 is 0 Å². The minimum absolute atomic E-state index is 0.327. The van der Waals surface area contributed by atoms with Gasteiger partial charge in [0.25, 0.3) is 0 Å². The third kappa shape index (κ3) is 3.44. The molecule has 4 rings (SSSR count). The maximum Gasteiger partial charge on any atom is 0.204 e. The Labute approximate surface area is 156 Å². The molecular weight excluding hydrogens is 340 g/mol. The van der Waals surface area contributed by atoms with E-state index in [1.54, 1.807) is 11.1 Å². The van der Waals surface area contributed by atoms with Gasteiger partial charge in [-0.3, -0.25) is 0 Å². The van der Waals surface area contributed by atoms with Crippen molar-refractivity contribution >= 4 is 11.0 Å². The van der Waals surface area contributed by atoms with Crippen LogP contribution in [-0.4, -0.2) is 30.2 Å². The van der Waals surface area contributed by atoms with Gasteiger partial charge < -0.3 is 16.5 Å². The Bertz CT molecular complexity index is 1030. The summed E-state index contributed by atoms with van der Waals surface area (Å²) in [6, 6.07) is 13.1. The second-order valence-corrected chi connectivity index (χ2v) is 6.56. The van der Waals surface area contributed by atoms with Gasteiger partial charge >= 0.3 is 0 Å². The lowest BCUT2D eigenvalue weighted by Gasteiger charge is -2.21. The Morgan fingerprint density at radius 2 is 1.78 bits per heavy atom. The van der Waals surface area contributed by atoms with Crippen molar-refractivity contribution in [2.75, 3.05) is 0 Å². The van der Waals surface area contributed by atoms with Gasteiger partial charge in [-0.1, -0.05) is 37.3 Å². The highest BCUT2D eigenvalue weighted by Gasteiger charge is 2.18. The summed E-state index contributed by atoms with van der Waals surface area (Å²) >= 11 is 0. The van der Waals surface area contributed by atoms with Gasteiger partial charge in [-0.15, -0.1) is 10.2 Å². The van der Waals surface area contributed by atoms with Gasteiger partial charge in [-0.25, -0.2) is 4.98 Å². The first kappa shape index (κ1) is 17.3. The third-order valence-electron chi connectivity index (χ3n) is 4.65. The minimum Gasteiger partial charge on any atom is -0.345 e. The third-order valence-corrected chi connectivity index (χ3v) is 4.65. The number of fused-ring (bicyclic) bond motifs is 1. The molecule has 8 heteroatoms. The van der Waals surface area contributed by atoms with Crippen molar-refractivity contribution in [3.8, 4) is 11.4 Å². The van der Waals surface area contributed by atoms with Crippen LogP contribution in [0.5, 0.6) is 0 Å². The molecule has 4 aromatic rings. The summed E-state index contributed by atoms with van der Waals surface area (Å²) in [5.41, 5.74) is 17.5. The van der Waals surface area contributed by atoms with E-state index in [1.165, 1.54) is 0 Å². The first-order chi connectivity index (χ1) is 13.2. The Morgan fingerprint density at radius 3 is 2.56 bits per heavy atom. The number of aromatic amines is 1. The van der Waals surface area contributed by atoms with E-state index in [-0.39, 0.29) is 12.1 Å². The van der Waals surface area contributed by atoms with Gasteiger partial charge in [-0.2, -0.15) is 4.80 Å². The number of tetrazole rings is 1. The normalized spacial score (nSPS) is 13.7. The van der Waals surface area contributed by atoms with Crippen LogP contribution in [0, 0.1) is 0 Å². The highest BCUT2D eigenvalue weighted by atomic mass is 15.6. The number of nitrogens with two attached hydrogens (primary N) is 2. The molecule has 2 unspecified atom stereocenters. The lowest BCUT2D eigenvalue weighted by molar-refractivity contribution is 0.515. The van der Waals surface area contributed by atoms with Gasteiger partial charge in [-0.05, 0) is 34.9 Å². The van der Waals surface area contributed by atoms with E-state index in [0.29, 0.717) is 5.82 Å². The zero-order valence-electron chi connectivity index (χ0n) is 15.1. The molecule has 2 aromatic heterocycles. The lowest BCUT2D eigenvalue weighted by Crippen LogP contribution is -2.26. The molecule has 0 saturated carbocycles. The van der Waals surface area contributed by atoms with Gasteiger partial charge in [0.2, 0.25) is 5.82 Å². The summed E-state index contributed by atoms with van der Waals surface area (Å²) < 4.78 is 0. The maximum atomic E-state index is 6.42. The largest absolute Gasteiger partial charge is 0.345 e. The van der Waals surface area contributed by atoms with Crippen molar-refractivity contribution in [1.29, 1.82) is 0 Å². The molecule has 8 nitrogen and oxygen atoms in total. The SMILES string of the molecule is CCCn1nnc(-c2ccc(C(N)C(N)c3ccc4nc[nH]c4c3)cc2)n1. The summed E-state index contributed by atoms with van der Waals surface area (Å²) in [7, 11) is 0. The number of rotatable bonds is 6. The summed E-state index contributed by atoms with van der Waals surface area (Å²) in [4.78, 5) is 8.94. The van der Waals surface area contributed by atoms with E-state index in [0.717, 1.165) is 40.7 Å². The monoisotopic (exact) mass is 362 g/mol. The van der Waals surface area contributed by atoms with Crippen molar-refractivity contribution in [1.82, 2.24) is 30.2 Å². The topological polar surface area (TPSA) is 124 Å². The van der Waals surface area contributed by atoms with E-state index < -0.39 is 0 Å². The molecular formula is C19H22N8. The van der Waals surface area contributed by atoms with Gasteiger partial charge in [0.1, 0.15) is 0 Å². The molecule has 2 heterocycles. The fourth-order valence-electron chi connectivity index (χ4n) is 3.08. The van der Waals surface area contributed by atoms with Crippen LogP contribution in [0.2, 0.25) is 0 Å². The molecule has 0 saturated heterocycles. The van der Waals surface area contributed by atoms with E-state index in [2.05, 4.69) is 32.3 Å². The predicted molar refractivity (Wildman–Crippen MR) is 103 cm³/mol. The number of hydrogen-bond donors (Lipinski definition) is 3. The van der Waals surface area contributed by atoms with Gasteiger partial charge in [0.05, 0.1) is 23.9 Å². The number of benzene rings is 2. The molecule has 0 aliphatic rings. The molecule has 2 aromatic carbocycles. The summed E-state index contributed by atoms with van der Waals surface area (Å²) in [5, 5.41) is 12.5. The number of aromatic nitrogens is 6. The second-order valence-electron chi connectivity index (χ2n) is 6.56. The van der Waals surface area contributed by atoms with E-state index in [9.17, 15) is 0 Å². The van der Waals surface area contributed by atoms with Crippen LogP contribution in [0.15, 0.2) is 48.8 Å². The van der Waals surface area contributed by atoms with Crippen molar-refractivity contribution in [2.45, 2.75) is 32.0 Å². The number of nitrogens with zero attached hydrogens (tertiary/aromatic N) is 5. The summed E-state index contributed by atoms with van der Waals surface area (Å²) in [6.45, 7) is 2.83. The smallest absolute Gasteiger partial charge is 0.204 e. The fourth-order valence-corrected chi connectivity index (χ4v) is 3.08. The summed E-state index contributed by atoms with van der Waals surface area (Å²) in [6.07, 6.45) is 2.63. The Balaban J connectivity index is 1.53. The quantitative estimate of drug-likeness (QED) is 0.483. The average Bonchev–Trinajstić information content (AvgIpc) is 3.36. The molecule has 0 spiro atoms. The molecule has 2 atom stereocenters. The van der Waals surface area contributed by atoms with Crippen LogP contribution in [0.1, 0.15) is 36.6 Å². The molecule has 0 amide bonds. The first-order valence-electron chi connectivity index (χ1n) is 8.98. The lowest BCUT2D eigenvalue weighted by atomic mass is 9.94. The molecule has 138 valence electrons. The number of H-pyrrole nitrogens is 1. The van der Waals surface area contributed by atoms with Crippen LogP contribution in [0.25, 0.3) is 22.4 Å². The first-order valence-corrected chi connectivity index (χ1v) is 8.98. The Kier molecular flexibility index (Phi) is 4.66. The molecule has 0 fully saturated rings. The second kappa shape index (κ2) is 7.26. The van der Waals surface area contributed by atoms with Gasteiger partial charge in [0, 0.05) is 17.6 Å². The number of hydrogen-bond acceptors (Lipinski definition) is 6. The van der Waals surface area contributed by atoms with E-state index in [1.807, 2.05) is 42.5 Å². The number of imidazole rings is 1. The van der Waals surface area contributed by atoms with E-state index in [4.69, 9.17) is 11.5 Å². The van der Waals surface area contributed by atoms with E-state index >= 15 is 0 Å². The molecule has 27 heavy (non-hydrogen) atoms. The van der Waals surface area contributed by atoms with Crippen molar-refractivity contribution in [2.24, 2.45) is 11.5 Å².